The largest absolute Gasteiger partial charge is 0.470 e. The van der Waals surface area contributed by atoms with E-state index in [0.717, 1.165) is 12.3 Å². The Morgan fingerprint density at radius 1 is 1.14 bits per heavy atom. The van der Waals surface area contributed by atoms with Crippen molar-refractivity contribution in [1.82, 2.24) is 9.97 Å². The standard InChI is InChI=1S/C14H8ClF7N4O2/c15-9-5-8(10(27)25-26-3-1-23-2-4-26)6-24-11(9)28-7-12(16,17)13(18,19)14(20,21)22/h1-6H,7H2/p+1. The third kappa shape index (κ3) is 4.58. The number of aromatic nitrogens is 3. The molecule has 0 bridgehead atoms. The summed E-state index contributed by atoms with van der Waals surface area (Å²) in [6.45, 7) is -2.34. The van der Waals surface area contributed by atoms with Crippen molar-refractivity contribution in [2.75, 3.05) is 12.0 Å². The fourth-order valence-corrected chi connectivity index (χ4v) is 1.91. The van der Waals surface area contributed by atoms with Gasteiger partial charge in [0.25, 0.3) is 0 Å². The van der Waals surface area contributed by atoms with Crippen molar-refractivity contribution in [3.05, 3.63) is 47.6 Å². The van der Waals surface area contributed by atoms with E-state index < -0.39 is 41.4 Å². The van der Waals surface area contributed by atoms with E-state index >= 15 is 0 Å². The van der Waals surface area contributed by atoms with Gasteiger partial charge in [-0.2, -0.15) is 30.7 Å². The lowest BCUT2D eigenvalue weighted by molar-refractivity contribution is -0.641. The number of carbonyl (C=O) groups is 1. The molecule has 0 aliphatic rings. The highest BCUT2D eigenvalue weighted by atomic mass is 35.5. The molecular weight excluding hydrogens is 425 g/mol. The molecule has 0 spiro atoms. The minimum atomic E-state index is -6.48. The van der Waals surface area contributed by atoms with E-state index in [1.165, 1.54) is 29.5 Å². The summed E-state index contributed by atoms with van der Waals surface area (Å²) in [6.07, 6.45) is -0.193. The quantitative estimate of drug-likeness (QED) is 0.562. The predicted octanol–water partition coefficient (Wildman–Crippen LogP) is 3.01. The summed E-state index contributed by atoms with van der Waals surface area (Å²) in [5.74, 6) is -13.5. The Bertz CT molecular complexity index is 849. The third-order valence-corrected chi connectivity index (χ3v) is 3.40. The van der Waals surface area contributed by atoms with E-state index in [9.17, 15) is 35.5 Å². The number of nitrogens with zero attached hydrogens (tertiary/aromatic N) is 3. The van der Waals surface area contributed by atoms with Crippen LogP contribution in [0.1, 0.15) is 10.4 Å². The van der Waals surface area contributed by atoms with Gasteiger partial charge in [-0.3, -0.25) is 9.78 Å². The van der Waals surface area contributed by atoms with Crippen LogP contribution in [0.5, 0.6) is 5.88 Å². The summed E-state index contributed by atoms with van der Waals surface area (Å²) in [7, 11) is 0. The number of hydrogen-bond donors (Lipinski definition) is 1. The fourth-order valence-electron chi connectivity index (χ4n) is 1.69. The van der Waals surface area contributed by atoms with Crippen molar-refractivity contribution in [2.24, 2.45) is 0 Å². The van der Waals surface area contributed by atoms with Gasteiger partial charge in [0, 0.05) is 6.20 Å². The Labute approximate surface area is 156 Å². The first-order chi connectivity index (χ1) is 12.8. The van der Waals surface area contributed by atoms with Crippen LogP contribution in [0.4, 0.5) is 30.7 Å². The smallest absolute Gasteiger partial charge is 0.460 e. The summed E-state index contributed by atoms with van der Waals surface area (Å²) in [6, 6.07) is 0.904. The number of rotatable bonds is 6. The molecule has 0 aromatic carbocycles. The molecule has 0 atom stereocenters. The SMILES string of the molecule is O=C(N[n+]1ccncc1)c1cnc(OCC(F)(F)C(F)(F)C(F)(F)F)c(Cl)c1. The Hall–Kier alpha value is -2.70. The fraction of sp³-hybridized carbons (Fsp3) is 0.286. The maximum atomic E-state index is 13.2. The molecule has 0 aliphatic carbocycles. The van der Waals surface area contributed by atoms with Crippen molar-refractivity contribution in [3.63, 3.8) is 0 Å². The van der Waals surface area contributed by atoms with Crippen LogP contribution in [0.2, 0.25) is 5.02 Å². The molecule has 14 heteroatoms. The maximum Gasteiger partial charge on any atom is 0.460 e. The van der Waals surface area contributed by atoms with Gasteiger partial charge in [0.15, 0.2) is 6.61 Å². The minimum absolute atomic E-state index is 0.172. The van der Waals surface area contributed by atoms with Gasteiger partial charge in [-0.05, 0) is 6.07 Å². The van der Waals surface area contributed by atoms with E-state index in [1.807, 2.05) is 0 Å². The molecule has 152 valence electrons. The highest BCUT2D eigenvalue weighted by molar-refractivity contribution is 6.32. The maximum absolute atomic E-state index is 13.2. The van der Waals surface area contributed by atoms with Crippen molar-refractivity contribution >= 4 is 17.5 Å². The van der Waals surface area contributed by atoms with Crippen LogP contribution in [0.25, 0.3) is 0 Å². The van der Waals surface area contributed by atoms with Gasteiger partial charge in [-0.25, -0.2) is 4.98 Å². The average Bonchev–Trinajstić information content (AvgIpc) is 2.60. The number of hydrogen-bond acceptors (Lipinski definition) is 4. The van der Waals surface area contributed by atoms with E-state index in [2.05, 4.69) is 20.1 Å². The normalized spacial score (nSPS) is 12.6. The summed E-state index contributed by atoms with van der Waals surface area (Å²) in [5.41, 5.74) is 2.18. The van der Waals surface area contributed by atoms with Crippen molar-refractivity contribution in [2.45, 2.75) is 18.0 Å². The number of amides is 1. The van der Waals surface area contributed by atoms with Crippen LogP contribution in [0, 0.1) is 0 Å². The Balaban J connectivity index is 2.09. The number of ether oxygens (including phenoxy) is 1. The lowest BCUT2D eigenvalue weighted by atomic mass is 10.2. The lowest BCUT2D eigenvalue weighted by Crippen LogP contribution is -2.54. The van der Waals surface area contributed by atoms with Crippen molar-refractivity contribution < 1.29 is 44.9 Å². The van der Waals surface area contributed by atoms with Gasteiger partial charge in [-0.15, -0.1) is 5.43 Å². The number of pyridine rings is 1. The van der Waals surface area contributed by atoms with Crippen molar-refractivity contribution in [1.29, 1.82) is 0 Å². The molecule has 1 N–H and O–H groups in total. The van der Waals surface area contributed by atoms with E-state index in [-0.39, 0.29) is 5.56 Å². The Kier molecular flexibility index (Phi) is 5.97. The summed E-state index contributed by atoms with van der Waals surface area (Å²) in [4.78, 5) is 19.1. The molecule has 0 aliphatic heterocycles. The molecule has 0 saturated heterocycles. The second kappa shape index (κ2) is 7.73. The molecule has 6 nitrogen and oxygen atoms in total. The van der Waals surface area contributed by atoms with Gasteiger partial charge in [0.1, 0.15) is 5.02 Å². The second-order valence-electron chi connectivity index (χ2n) is 5.17. The molecule has 0 radical (unpaired) electrons. The van der Waals surface area contributed by atoms with Crippen LogP contribution < -0.4 is 14.8 Å². The number of nitrogens with one attached hydrogen (secondary N) is 1. The third-order valence-electron chi connectivity index (χ3n) is 3.13. The average molecular weight is 434 g/mol. The van der Waals surface area contributed by atoms with Crippen LogP contribution in [0.3, 0.4) is 0 Å². The number of halogens is 8. The topological polar surface area (TPSA) is 68.0 Å². The molecule has 28 heavy (non-hydrogen) atoms. The van der Waals surface area contributed by atoms with Crippen LogP contribution in [0.15, 0.2) is 37.1 Å². The molecular formula is C14H9ClF7N4O2+. The molecule has 0 saturated carbocycles. The zero-order chi connectivity index (χ0) is 21.2. The molecule has 0 fully saturated rings. The number of alkyl halides is 7. The monoisotopic (exact) mass is 433 g/mol. The summed E-state index contributed by atoms with van der Waals surface area (Å²) < 4.78 is 93.8. The first-order valence-electron chi connectivity index (χ1n) is 7.08. The highest BCUT2D eigenvalue weighted by Gasteiger charge is 2.73. The highest BCUT2D eigenvalue weighted by Crippen LogP contribution is 2.46. The van der Waals surface area contributed by atoms with Crippen molar-refractivity contribution in [3.8, 4) is 5.88 Å². The molecule has 2 aromatic heterocycles. The predicted molar refractivity (Wildman–Crippen MR) is 78.8 cm³/mol. The van der Waals surface area contributed by atoms with Crippen LogP contribution in [-0.4, -0.2) is 40.5 Å². The van der Waals surface area contributed by atoms with E-state index in [0.29, 0.717) is 0 Å². The van der Waals surface area contributed by atoms with E-state index in [1.54, 1.807) is 0 Å². The van der Waals surface area contributed by atoms with Gasteiger partial charge in [0.05, 0.1) is 18.0 Å². The molecule has 2 heterocycles. The van der Waals surface area contributed by atoms with Gasteiger partial charge in [0.2, 0.25) is 18.3 Å². The summed E-state index contributed by atoms with van der Waals surface area (Å²) in [5, 5.41) is -0.557. The first kappa shape index (κ1) is 21.6. The van der Waals surface area contributed by atoms with Gasteiger partial charge >= 0.3 is 23.9 Å². The van der Waals surface area contributed by atoms with Crippen LogP contribution in [-0.2, 0) is 0 Å². The Morgan fingerprint density at radius 3 is 2.29 bits per heavy atom. The Morgan fingerprint density at radius 2 is 1.75 bits per heavy atom. The summed E-state index contributed by atoms with van der Waals surface area (Å²) >= 11 is 5.67. The molecule has 0 unspecified atom stereocenters. The van der Waals surface area contributed by atoms with Gasteiger partial charge in [-0.1, -0.05) is 16.3 Å². The zero-order valence-electron chi connectivity index (χ0n) is 13.4. The molecule has 2 aromatic rings. The van der Waals surface area contributed by atoms with Gasteiger partial charge < -0.3 is 4.74 Å². The lowest BCUT2D eigenvalue weighted by Gasteiger charge is -2.27. The molecule has 2 rings (SSSR count). The second-order valence-corrected chi connectivity index (χ2v) is 5.58. The molecule has 1 amide bonds. The van der Waals surface area contributed by atoms with E-state index in [4.69, 9.17) is 11.6 Å². The zero-order valence-corrected chi connectivity index (χ0v) is 14.1. The first-order valence-corrected chi connectivity index (χ1v) is 7.46. The number of carbonyl (C=O) groups excluding carboxylic acids is 1. The minimum Gasteiger partial charge on any atom is -0.470 e. The van der Waals surface area contributed by atoms with Crippen LogP contribution >= 0.6 is 11.6 Å².